The van der Waals surface area contributed by atoms with Crippen LogP contribution < -0.4 is 5.32 Å². The zero-order chi connectivity index (χ0) is 11.1. The summed E-state index contributed by atoms with van der Waals surface area (Å²) in [6.07, 6.45) is 7.40. The first kappa shape index (κ1) is 12.5. The van der Waals surface area contributed by atoms with Crippen LogP contribution >= 0.6 is 0 Å². The van der Waals surface area contributed by atoms with Crippen LogP contribution in [-0.2, 0) is 9.53 Å². The summed E-state index contributed by atoms with van der Waals surface area (Å²) < 4.78 is 4.92. The molecule has 3 heteroatoms. The number of nitrogens with one attached hydrogen (secondary N) is 1. The molecule has 0 bridgehead atoms. The minimum atomic E-state index is -0.129. The Morgan fingerprint density at radius 1 is 1.27 bits per heavy atom. The third kappa shape index (κ3) is 3.82. The number of esters is 1. The smallest absolute Gasteiger partial charge is 0.319 e. The van der Waals surface area contributed by atoms with Gasteiger partial charge in [0.25, 0.3) is 0 Å². The largest absolute Gasteiger partial charge is 0.465 e. The summed E-state index contributed by atoms with van der Waals surface area (Å²) in [5, 5.41) is 3.39. The molecule has 0 aromatic heterocycles. The Morgan fingerprint density at radius 3 is 2.47 bits per heavy atom. The van der Waals surface area contributed by atoms with Crippen molar-refractivity contribution in [2.45, 2.75) is 57.9 Å². The van der Waals surface area contributed by atoms with E-state index in [0.29, 0.717) is 13.2 Å². The number of hydrogen-bond donors (Lipinski definition) is 1. The first-order valence-electron chi connectivity index (χ1n) is 6.13. The highest BCUT2D eigenvalue weighted by molar-refractivity contribution is 5.71. The van der Waals surface area contributed by atoms with Crippen LogP contribution in [0.4, 0.5) is 0 Å². The summed E-state index contributed by atoms with van der Waals surface area (Å²) in [6.45, 7) is 4.87. The van der Waals surface area contributed by atoms with Crippen LogP contribution in [0.5, 0.6) is 0 Å². The average molecular weight is 213 g/mol. The van der Waals surface area contributed by atoms with E-state index in [1.54, 1.807) is 0 Å². The summed E-state index contributed by atoms with van der Waals surface area (Å²) in [6, 6.07) is 0. The average Bonchev–Trinajstić information content (AvgIpc) is 2.28. The van der Waals surface area contributed by atoms with Crippen LogP contribution in [0.15, 0.2) is 0 Å². The van der Waals surface area contributed by atoms with Crippen molar-refractivity contribution in [1.82, 2.24) is 5.32 Å². The molecule has 3 nitrogen and oxygen atoms in total. The first-order valence-corrected chi connectivity index (χ1v) is 6.13. The van der Waals surface area contributed by atoms with Crippen molar-refractivity contribution in [3.8, 4) is 0 Å². The van der Waals surface area contributed by atoms with Crippen molar-refractivity contribution in [2.75, 3.05) is 13.2 Å². The quantitative estimate of drug-likeness (QED) is 0.712. The Labute approximate surface area is 92.6 Å². The minimum absolute atomic E-state index is 0.129. The van der Waals surface area contributed by atoms with Crippen LogP contribution in [0.2, 0.25) is 0 Å². The van der Waals surface area contributed by atoms with Gasteiger partial charge in [-0.05, 0) is 26.2 Å². The normalized spacial score (nSPS) is 19.9. The summed E-state index contributed by atoms with van der Waals surface area (Å²) in [7, 11) is 0. The zero-order valence-electron chi connectivity index (χ0n) is 9.97. The van der Waals surface area contributed by atoms with E-state index in [0.717, 1.165) is 6.42 Å². The lowest BCUT2D eigenvalue weighted by atomic mass is 9.80. The van der Waals surface area contributed by atoms with Gasteiger partial charge in [0, 0.05) is 5.54 Å². The molecule has 0 atom stereocenters. The SMILES string of the molecule is CCOC(=O)CNC1(CC)CCCCC1. The molecule has 1 aliphatic carbocycles. The minimum Gasteiger partial charge on any atom is -0.465 e. The third-order valence-corrected chi connectivity index (χ3v) is 3.40. The summed E-state index contributed by atoms with van der Waals surface area (Å²) in [4.78, 5) is 11.3. The van der Waals surface area contributed by atoms with Crippen LogP contribution in [0.3, 0.4) is 0 Å². The molecule has 0 heterocycles. The number of carbonyl (C=O) groups excluding carboxylic acids is 1. The van der Waals surface area contributed by atoms with Gasteiger partial charge < -0.3 is 10.1 Å². The molecule has 0 radical (unpaired) electrons. The maximum Gasteiger partial charge on any atom is 0.319 e. The molecular weight excluding hydrogens is 190 g/mol. The molecule has 1 saturated carbocycles. The lowest BCUT2D eigenvalue weighted by molar-refractivity contribution is -0.142. The van der Waals surface area contributed by atoms with Gasteiger partial charge in [0.2, 0.25) is 0 Å². The van der Waals surface area contributed by atoms with Gasteiger partial charge in [-0.1, -0.05) is 26.2 Å². The lowest BCUT2D eigenvalue weighted by Gasteiger charge is -2.37. The van der Waals surface area contributed by atoms with Gasteiger partial charge in [-0.3, -0.25) is 4.79 Å². The fourth-order valence-electron chi connectivity index (χ4n) is 2.36. The third-order valence-electron chi connectivity index (χ3n) is 3.40. The molecule has 88 valence electrons. The van der Waals surface area contributed by atoms with Gasteiger partial charge in [0.15, 0.2) is 0 Å². The Hall–Kier alpha value is -0.570. The molecule has 1 aliphatic rings. The summed E-state index contributed by atoms with van der Waals surface area (Å²) >= 11 is 0. The molecule has 0 saturated heterocycles. The fraction of sp³-hybridized carbons (Fsp3) is 0.917. The second-order valence-electron chi connectivity index (χ2n) is 4.35. The van der Waals surface area contributed by atoms with Crippen molar-refractivity contribution in [3.05, 3.63) is 0 Å². The Balaban J connectivity index is 2.35. The van der Waals surface area contributed by atoms with E-state index in [4.69, 9.17) is 4.74 Å². The van der Waals surface area contributed by atoms with Gasteiger partial charge in [0.05, 0.1) is 13.2 Å². The monoisotopic (exact) mass is 213 g/mol. The van der Waals surface area contributed by atoms with Gasteiger partial charge in [-0.15, -0.1) is 0 Å². The highest BCUT2D eigenvalue weighted by Crippen LogP contribution is 2.30. The van der Waals surface area contributed by atoms with Crippen molar-refractivity contribution in [2.24, 2.45) is 0 Å². The Kier molecular flexibility index (Phi) is 5.09. The molecule has 0 aliphatic heterocycles. The zero-order valence-corrected chi connectivity index (χ0v) is 9.97. The van der Waals surface area contributed by atoms with E-state index in [-0.39, 0.29) is 11.5 Å². The standard InChI is InChI=1S/C12H23NO2/c1-3-12(8-6-5-7-9-12)13-10-11(14)15-4-2/h13H,3-10H2,1-2H3. The molecule has 1 N–H and O–H groups in total. The predicted molar refractivity (Wildman–Crippen MR) is 60.7 cm³/mol. The van der Waals surface area contributed by atoms with Crippen LogP contribution in [0.1, 0.15) is 52.4 Å². The van der Waals surface area contributed by atoms with Crippen LogP contribution in [0, 0.1) is 0 Å². The molecule has 1 fully saturated rings. The highest BCUT2D eigenvalue weighted by Gasteiger charge is 2.29. The second-order valence-corrected chi connectivity index (χ2v) is 4.35. The molecular formula is C12H23NO2. The van der Waals surface area contributed by atoms with Crippen LogP contribution in [0.25, 0.3) is 0 Å². The molecule has 0 unspecified atom stereocenters. The maximum absolute atomic E-state index is 11.3. The summed E-state index contributed by atoms with van der Waals surface area (Å²) in [5.74, 6) is -0.129. The van der Waals surface area contributed by atoms with E-state index in [2.05, 4.69) is 12.2 Å². The number of rotatable bonds is 5. The van der Waals surface area contributed by atoms with E-state index in [1.807, 2.05) is 6.92 Å². The topological polar surface area (TPSA) is 38.3 Å². The van der Waals surface area contributed by atoms with E-state index >= 15 is 0 Å². The van der Waals surface area contributed by atoms with Crippen molar-refractivity contribution < 1.29 is 9.53 Å². The molecule has 0 aromatic rings. The molecule has 0 spiro atoms. The van der Waals surface area contributed by atoms with Gasteiger partial charge in [-0.25, -0.2) is 0 Å². The molecule has 0 amide bonds. The maximum atomic E-state index is 11.3. The number of carbonyl (C=O) groups is 1. The Morgan fingerprint density at radius 2 is 1.93 bits per heavy atom. The fourth-order valence-corrected chi connectivity index (χ4v) is 2.36. The van der Waals surface area contributed by atoms with Crippen molar-refractivity contribution in [1.29, 1.82) is 0 Å². The first-order chi connectivity index (χ1) is 7.22. The second kappa shape index (κ2) is 6.11. The van der Waals surface area contributed by atoms with Gasteiger partial charge in [-0.2, -0.15) is 0 Å². The molecule has 0 aromatic carbocycles. The van der Waals surface area contributed by atoms with Gasteiger partial charge >= 0.3 is 5.97 Å². The van der Waals surface area contributed by atoms with Crippen molar-refractivity contribution in [3.63, 3.8) is 0 Å². The van der Waals surface area contributed by atoms with Gasteiger partial charge in [0.1, 0.15) is 0 Å². The highest BCUT2D eigenvalue weighted by atomic mass is 16.5. The van der Waals surface area contributed by atoms with Crippen LogP contribution in [-0.4, -0.2) is 24.7 Å². The lowest BCUT2D eigenvalue weighted by Crippen LogP contribution is -2.48. The summed E-state index contributed by atoms with van der Waals surface area (Å²) in [5.41, 5.74) is 0.199. The molecule has 15 heavy (non-hydrogen) atoms. The van der Waals surface area contributed by atoms with E-state index < -0.39 is 0 Å². The number of hydrogen-bond acceptors (Lipinski definition) is 3. The van der Waals surface area contributed by atoms with E-state index in [9.17, 15) is 4.79 Å². The Bertz CT molecular complexity index is 198. The number of ether oxygens (including phenoxy) is 1. The molecule has 1 rings (SSSR count). The predicted octanol–water partition coefficient (Wildman–Crippen LogP) is 2.25. The van der Waals surface area contributed by atoms with E-state index in [1.165, 1.54) is 32.1 Å². The van der Waals surface area contributed by atoms with Crippen molar-refractivity contribution >= 4 is 5.97 Å².